The minimum absolute atomic E-state index is 0.00131. The number of hydrogen-bond donors (Lipinski definition) is 1. The molecule has 0 radical (unpaired) electrons. The molecule has 0 amide bonds. The Labute approximate surface area is 113 Å². The third-order valence-electron chi connectivity index (χ3n) is 3.00. The summed E-state index contributed by atoms with van der Waals surface area (Å²) in [6.07, 6.45) is 0. The lowest BCUT2D eigenvalue weighted by Gasteiger charge is -2.21. The number of halogens is 1. The van der Waals surface area contributed by atoms with Crippen LogP contribution < -0.4 is 10.6 Å². The molecule has 0 spiro atoms. The van der Waals surface area contributed by atoms with Crippen molar-refractivity contribution in [2.75, 3.05) is 11.9 Å². The highest BCUT2D eigenvalue weighted by Crippen LogP contribution is 2.32. The summed E-state index contributed by atoms with van der Waals surface area (Å²) in [6, 6.07) is 16.1. The summed E-state index contributed by atoms with van der Waals surface area (Å²) in [5.74, 6) is 0. The normalized spacial score (nSPS) is 12.2. The molecule has 0 aromatic heterocycles. The summed E-state index contributed by atoms with van der Waals surface area (Å²) in [4.78, 5) is 2.06. The van der Waals surface area contributed by atoms with Crippen molar-refractivity contribution in [2.24, 2.45) is 5.73 Å². The van der Waals surface area contributed by atoms with Crippen LogP contribution in [0, 0.1) is 0 Å². The molecule has 0 heterocycles. The van der Waals surface area contributed by atoms with Gasteiger partial charge in [-0.05, 0) is 36.8 Å². The van der Waals surface area contributed by atoms with E-state index in [0.29, 0.717) is 0 Å². The SMILES string of the molecule is C[C@@H](N)c1ccc(N(C)c2ccccc2)c(Cl)c1. The van der Waals surface area contributed by atoms with Crippen molar-refractivity contribution >= 4 is 23.0 Å². The van der Waals surface area contributed by atoms with Gasteiger partial charge in [0.1, 0.15) is 0 Å². The van der Waals surface area contributed by atoms with Gasteiger partial charge >= 0.3 is 0 Å². The average molecular weight is 261 g/mol. The van der Waals surface area contributed by atoms with Crippen LogP contribution in [0.5, 0.6) is 0 Å². The molecule has 18 heavy (non-hydrogen) atoms. The molecule has 0 saturated heterocycles. The van der Waals surface area contributed by atoms with Crippen LogP contribution in [-0.4, -0.2) is 7.05 Å². The Morgan fingerprint density at radius 2 is 1.78 bits per heavy atom. The highest BCUT2D eigenvalue weighted by Gasteiger charge is 2.09. The Balaban J connectivity index is 2.34. The molecule has 0 saturated carbocycles. The maximum atomic E-state index is 6.32. The monoisotopic (exact) mass is 260 g/mol. The van der Waals surface area contributed by atoms with Crippen LogP contribution in [0.3, 0.4) is 0 Å². The molecule has 2 rings (SSSR count). The van der Waals surface area contributed by atoms with Crippen molar-refractivity contribution in [3.05, 3.63) is 59.1 Å². The van der Waals surface area contributed by atoms with Gasteiger partial charge in [0.25, 0.3) is 0 Å². The standard InChI is InChI=1S/C15H17ClN2/c1-11(17)12-8-9-15(14(16)10-12)18(2)13-6-4-3-5-7-13/h3-11H,17H2,1-2H3/t11-/m1/s1. The molecule has 1 atom stereocenters. The Morgan fingerprint density at radius 1 is 1.11 bits per heavy atom. The highest BCUT2D eigenvalue weighted by atomic mass is 35.5. The topological polar surface area (TPSA) is 29.3 Å². The molecular weight excluding hydrogens is 244 g/mol. The van der Waals surface area contributed by atoms with Crippen molar-refractivity contribution in [3.63, 3.8) is 0 Å². The van der Waals surface area contributed by atoms with Crippen molar-refractivity contribution < 1.29 is 0 Å². The number of nitrogens with two attached hydrogens (primary N) is 1. The van der Waals surface area contributed by atoms with Crippen LogP contribution in [0.4, 0.5) is 11.4 Å². The zero-order valence-corrected chi connectivity index (χ0v) is 11.4. The summed E-state index contributed by atoms with van der Waals surface area (Å²) in [6.45, 7) is 1.95. The van der Waals surface area contributed by atoms with E-state index in [0.717, 1.165) is 22.0 Å². The minimum Gasteiger partial charge on any atom is -0.343 e. The van der Waals surface area contributed by atoms with Gasteiger partial charge in [-0.1, -0.05) is 35.9 Å². The molecular formula is C15H17ClN2. The maximum Gasteiger partial charge on any atom is 0.0646 e. The van der Waals surface area contributed by atoms with Gasteiger partial charge in [0.2, 0.25) is 0 Å². The predicted octanol–water partition coefficient (Wildman–Crippen LogP) is 4.13. The van der Waals surface area contributed by atoms with Gasteiger partial charge in [0.05, 0.1) is 10.7 Å². The van der Waals surface area contributed by atoms with Crippen molar-refractivity contribution in [1.82, 2.24) is 0 Å². The smallest absolute Gasteiger partial charge is 0.0646 e. The van der Waals surface area contributed by atoms with Gasteiger partial charge in [-0.2, -0.15) is 0 Å². The first-order chi connectivity index (χ1) is 8.59. The van der Waals surface area contributed by atoms with Gasteiger partial charge in [0.15, 0.2) is 0 Å². The fraction of sp³-hybridized carbons (Fsp3) is 0.200. The largest absolute Gasteiger partial charge is 0.343 e. The van der Waals surface area contributed by atoms with E-state index in [-0.39, 0.29) is 6.04 Å². The first kappa shape index (κ1) is 12.9. The summed E-state index contributed by atoms with van der Waals surface area (Å²) in [5, 5.41) is 0.719. The number of nitrogens with zero attached hydrogens (tertiary/aromatic N) is 1. The van der Waals surface area contributed by atoms with Crippen molar-refractivity contribution in [2.45, 2.75) is 13.0 Å². The molecule has 0 aliphatic heterocycles. The van der Waals surface area contributed by atoms with Crippen molar-refractivity contribution in [1.29, 1.82) is 0 Å². The van der Waals surface area contributed by atoms with Crippen LogP contribution in [0.15, 0.2) is 48.5 Å². The first-order valence-corrected chi connectivity index (χ1v) is 6.31. The van der Waals surface area contributed by atoms with Crippen LogP contribution in [0.1, 0.15) is 18.5 Å². The van der Waals surface area contributed by atoms with E-state index in [1.165, 1.54) is 0 Å². The van der Waals surface area contributed by atoms with Gasteiger partial charge in [0, 0.05) is 18.8 Å². The van der Waals surface area contributed by atoms with E-state index in [9.17, 15) is 0 Å². The number of anilines is 2. The molecule has 2 aromatic rings. The summed E-state index contributed by atoms with van der Waals surface area (Å²) in [5.41, 5.74) is 8.98. The molecule has 0 aliphatic carbocycles. The third kappa shape index (κ3) is 2.66. The zero-order valence-electron chi connectivity index (χ0n) is 10.6. The lowest BCUT2D eigenvalue weighted by molar-refractivity contribution is 0.818. The maximum absolute atomic E-state index is 6.32. The van der Waals surface area contributed by atoms with Crippen LogP contribution in [0.25, 0.3) is 0 Å². The number of para-hydroxylation sites is 1. The van der Waals surface area contributed by atoms with Gasteiger partial charge < -0.3 is 10.6 Å². The molecule has 3 heteroatoms. The molecule has 2 aromatic carbocycles. The molecule has 2 N–H and O–H groups in total. The van der Waals surface area contributed by atoms with E-state index in [4.69, 9.17) is 17.3 Å². The lowest BCUT2D eigenvalue weighted by atomic mass is 10.1. The van der Waals surface area contributed by atoms with Gasteiger partial charge in [-0.15, -0.1) is 0 Å². The third-order valence-corrected chi connectivity index (χ3v) is 3.31. The van der Waals surface area contributed by atoms with Crippen molar-refractivity contribution in [3.8, 4) is 0 Å². The summed E-state index contributed by atoms with van der Waals surface area (Å²) >= 11 is 6.32. The van der Waals surface area contributed by atoms with E-state index < -0.39 is 0 Å². The minimum atomic E-state index is -0.00131. The van der Waals surface area contributed by atoms with Crippen LogP contribution in [-0.2, 0) is 0 Å². The number of hydrogen-bond acceptors (Lipinski definition) is 2. The average Bonchev–Trinajstić information content (AvgIpc) is 2.38. The lowest BCUT2D eigenvalue weighted by Crippen LogP contribution is -2.11. The van der Waals surface area contributed by atoms with E-state index in [1.54, 1.807) is 0 Å². The van der Waals surface area contributed by atoms with Gasteiger partial charge in [-0.25, -0.2) is 0 Å². The van der Waals surface area contributed by atoms with Crippen LogP contribution >= 0.6 is 11.6 Å². The van der Waals surface area contributed by atoms with E-state index >= 15 is 0 Å². The second-order valence-corrected chi connectivity index (χ2v) is 4.80. The Bertz CT molecular complexity index is 523. The number of rotatable bonds is 3. The fourth-order valence-corrected chi connectivity index (χ4v) is 2.18. The molecule has 94 valence electrons. The quantitative estimate of drug-likeness (QED) is 0.899. The van der Waals surface area contributed by atoms with Gasteiger partial charge in [-0.3, -0.25) is 0 Å². The van der Waals surface area contributed by atoms with E-state index in [1.807, 2.05) is 50.4 Å². The Morgan fingerprint density at radius 3 is 2.33 bits per heavy atom. The summed E-state index contributed by atoms with van der Waals surface area (Å²) in [7, 11) is 2.00. The molecule has 0 unspecified atom stereocenters. The Kier molecular flexibility index (Phi) is 3.90. The Hall–Kier alpha value is -1.51. The molecule has 0 aliphatic rings. The predicted molar refractivity (Wildman–Crippen MR) is 78.6 cm³/mol. The molecule has 0 bridgehead atoms. The summed E-state index contributed by atoms with van der Waals surface area (Å²) < 4.78 is 0. The number of benzene rings is 2. The van der Waals surface area contributed by atoms with E-state index in [2.05, 4.69) is 17.0 Å². The second-order valence-electron chi connectivity index (χ2n) is 4.39. The first-order valence-electron chi connectivity index (χ1n) is 5.93. The zero-order chi connectivity index (χ0) is 13.1. The molecule has 0 fully saturated rings. The second kappa shape index (κ2) is 5.42. The van der Waals surface area contributed by atoms with Crippen LogP contribution in [0.2, 0.25) is 5.02 Å². The fourth-order valence-electron chi connectivity index (χ4n) is 1.87. The highest BCUT2D eigenvalue weighted by molar-refractivity contribution is 6.33. The molecule has 2 nitrogen and oxygen atoms in total.